The normalized spacial score (nSPS) is 34.2. The topological polar surface area (TPSA) is 24.5 Å². The van der Waals surface area contributed by atoms with Crippen LogP contribution in [-0.4, -0.2) is 48.8 Å². The van der Waals surface area contributed by atoms with Crippen molar-refractivity contribution >= 4 is 0 Å². The Morgan fingerprint density at radius 3 is 2.67 bits per heavy atom. The molecule has 2 unspecified atom stereocenters. The van der Waals surface area contributed by atoms with E-state index in [0.717, 1.165) is 25.6 Å². The molecule has 0 amide bonds. The lowest BCUT2D eigenvalue weighted by Gasteiger charge is -2.46. The van der Waals surface area contributed by atoms with Gasteiger partial charge in [-0.1, -0.05) is 6.92 Å². The highest BCUT2D eigenvalue weighted by Crippen LogP contribution is 2.41. The number of hydrogen-bond donors (Lipinski definition) is 1. The molecule has 2 fully saturated rings. The molecule has 2 aliphatic rings. The first kappa shape index (κ1) is 14.3. The highest BCUT2D eigenvalue weighted by Gasteiger charge is 2.45. The molecule has 1 aliphatic carbocycles. The minimum absolute atomic E-state index is 0.350. The summed E-state index contributed by atoms with van der Waals surface area (Å²) >= 11 is 0. The summed E-state index contributed by atoms with van der Waals surface area (Å²) in [4.78, 5) is 2.65. The third-order valence-electron chi connectivity index (χ3n) is 4.57. The van der Waals surface area contributed by atoms with E-state index in [-0.39, 0.29) is 0 Å². The van der Waals surface area contributed by atoms with Crippen molar-refractivity contribution in [3.8, 4) is 0 Å². The number of nitrogens with one attached hydrogen (secondary N) is 1. The van der Waals surface area contributed by atoms with Gasteiger partial charge in [-0.15, -0.1) is 0 Å². The third kappa shape index (κ3) is 3.46. The van der Waals surface area contributed by atoms with Crippen molar-refractivity contribution in [3.63, 3.8) is 0 Å². The Morgan fingerprint density at radius 1 is 1.39 bits per heavy atom. The molecule has 0 aromatic carbocycles. The van der Waals surface area contributed by atoms with Crippen LogP contribution in [0.3, 0.4) is 0 Å². The van der Waals surface area contributed by atoms with E-state index in [9.17, 15) is 0 Å². The van der Waals surface area contributed by atoms with Crippen LogP contribution in [-0.2, 0) is 4.74 Å². The van der Waals surface area contributed by atoms with E-state index in [2.05, 4.69) is 37.9 Å². The van der Waals surface area contributed by atoms with E-state index >= 15 is 0 Å². The van der Waals surface area contributed by atoms with Crippen LogP contribution in [0.25, 0.3) is 0 Å². The average molecular weight is 254 g/mol. The molecule has 1 saturated heterocycles. The molecule has 0 bridgehead atoms. The van der Waals surface area contributed by atoms with Crippen molar-refractivity contribution < 1.29 is 4.74 Å². The van der Waals surface area contributed by atoms with Gasteiger partial charge in [0, 0.05) is 31.2 Å². The van der Waals surface area contributed by atoms with Gasteiger partial charge in [-0.2, -0.15) is 0 Å². The van der Waals surface area contributed by atoms with E-state index in [1.807, 2.05) is 0 Å². The monoisotopic (exact) mass is 254 g/mol. The van der Waals surface area contributed by atoms with Crippen molar-refractivity contribution in [3.05, 3.63) is 0 Å². The van der Waals surface area contributed by atoms with Gasteiger partial charge in [0.05, 0.1) is 12.7 Å². The summed E-state index contributed by atoms with van der Waals surface area (Å²) in [5.41, 5.74) is 0.351. The van der Waals surface area contributed by atoms with Crippen LogP contribution in [0.15, 0.2) is 0 Å². The van der Waals surface area contributed by atoms with Gasteiger partial charge in [0.25, 0.3) is 0 Å². The van der Waals surface area contributed by atoms with Crippen LogP contribution in [0.2, 0.25) is 0 Å². The summed E-state index contributed by atoms with van der Waals surface area (Å²) in [5.74, 6) is 0.906. The lowest BCUT2D eigenvalue weighted by atomic mass is 9.90. The second kappa shape index (κ2) is 5.89. The van der Waals surface area contributed by atoms with E-state index < -0.39 is 0 Å². The Labute approximate surface area is 112 Å². The van der Waals surface area contributed by atoms with Crippen molar-refractivity contribution in [2.75, 3.05) is 26.2 Å². The predicted octanol–water partition coefficient (Wildman–Crippen LogP) is 2.26. The first-order valence-electron chi connectivity index (χ1n) is 7.66. The van der Waals surface area contributed by atoms with E-state index in [4.69, 9.17) is 4.74 Å². The molecule has 0 aromatic heterocycles. The molecule has 0 aromatic rings. The maximum absolute atomic E-state index is 5.72. The van der Waals surface area contributed by atoms with Crippen molar-refractivity contribution in [1.29, 1.82) is 0 Å². The van der Waals surface area contributed by atoms with Crippen LogP contribution in [0, 0.1) is 5.92 Å². The first-order valence-corrected chi connectivity index (χ1v) is 7.66. The SMILES string of the molecule is CCC1CNC(C)(C2CC2)CN1CCOC(C)C. The lowest BCUT2D eigenvalue weighted by Crippen LogP contribution is -2.64. The maximum Gasteiger partial charge on any atom is 0.0597 e. The first-order chi connectivity index (χ1) is 8.55. The molecule has 2 atom stereocenters. The van der Waals surface area contributed by atoms with Crippen LogP contribution in [0.4, 0.5) is 0 Å². The second-order valence-electron chi connectivity index (χ2n) is 6.52. The third-order valence-corrected chi connectivity index (χ3v) is 4.57. The number of ether oxygens (including phenoxy) is 1. The van der Waals surface area contributed by atoms with Crippen molar-refractivity contribution in [2.24, 2.45) is 5.92 Å². The Bertz CT molecular complexity index is 265. The summed E-state index contributed by atoms with van der Waals surface area (Å²) in [6, 6.07) is 0.688. The molecular formula is C15H30N2O. The molecule has 1 aliphatic heterocycles. The smallest absolute Gasteiger partial charge is 0.0597 e. The highest BCUT2D eigenvalue weighted by atomic mass is 16.5. The van der Waals surface area contributed by atoms with Crippen LogP contribution < -0.4 is 5.32 Å². The number of hydrogen-bond acceptors (Lipinski definition) is 3. The number of rotatable bonds is 6. The summed E-state index contributed by atoms with van der Waals surface area (Å²) in [6.07, 6.45) is 4.41. The number of piperazine rings is 1. The fourth-order valence-electron chi connectivity index (χ4n) is 3.15. The predicted molar refractivity (Wildman–Crippen MR) is 75.9 cm³/mol. The standard InChI is InChI=1S/C15H30N2O/c1-5-14-10-16-15(4,13-6-7-13)11-17(14)8-9-18-12(2)3/h12-14,16H,5-11H2,1-4H3. The Morgan fingerprint density at radius 2 is 2.11 bits per heavy atom. The van der Waals surface area contributed by atoms with Crippen molar-refractivity contribution in [1.82, 2.24) is 10.2 Å². The summed E-state index contributed by atoms with van der Waals surface area (Å²) in [7, 11) is 0. The Hall–Kier alpha value is -0.120. The molecule has 1 heterocycles. The molecule has 106 valence electrons. The Kier molecular flexibility index (Phi) is 4.68. The van der Waals surface area contributed by atoms with Gasteiger partial charge in [0.2, 0.25) is 0 Å². The minimum atomic E-state index is 0.350. The van der Waals surface area contributed by atoms with Gasteiger partial charge in [0.15, 0.2) is 0 Å². The summed E-state index contributed by atoms with van der Waals surface area (Å²) in [5, 5.41) is 3.81. The molecular weight excluding hydrogens is 224 g/mol. The molecule has 2 rings (SSSR count). The van der Waals surface area contributed by atoms with Gasteiger partial charge in [0.1, 0.15) is 0 Å². The van der Waals surface area contributed by atoms with E-state index in [1.54, 1.807) is 0 Å². The van der Waals surface area contributed by atoms with Crippen LogP contribution >= 0.6 is 0 Å². The lowest BCUT2D eigenvalue weighted by molar-refractivity contribution is 0.0188. The van der Waals surface area contributed by atoms with E-state index in [1.165, 1.54) is 25.8 Å². The molecule has 0 spiro atoms. The molecule has 1 N–H and O–H groups in total. The molecule has 3 heteroatoms. The highest BCUT2D eigenvalue weighted by molar-refractivity contribution is 5.03. The van der Waals surface area contributed by atoms with Gasteiger partial charge in [-0.05, 0) is 46.0 Å². The zero-order valence-electron chi connectivity index (χ0n) is 12.5. The maximum atomic E-state index is 5.72. The average Bonchev–Trinajstić information content (AvgIpc) is 3.13. The summed E-state index contributed by atoms with van der Waals surface area (Å²) < 4.78 is 5.72. The van der Waals surface area contributed by atoms with Crippen molar-refractivity contribution in [2.45, 2.75) is 64.6 Å². The summed E-state index contributed by atoms with van der Waals surface area (Å²) in [6.45, 7) is 13.2. The number of nitrogens with zero attached hydrogens (tertiary/aromatic N) is 1. The zero-order chi connectivity index (χ0) is 13.2. The van der Waals surface area contributed by atoms with Gasteiger partial charge in [-0.3, -0.25) is 4.90 Å². The molecule has 0 radical (unpaired) electrons. The fourth-order valence-corrected chi connectivity index (χ4v) is 3.15. The van der Waals surface area contributed by atoms with Crippen LogP contribution in [0.5, 0.6) is 0 Å². The van der Waals surface area contributed by atoms with E-state index in [0.29, 0.717) is 17.7 Å². The van der Waals surface area contributed by atoms with Gasteiger partial charge in [-0.25, -0.2) is 0 Å². The minimum Gasteiger partial charge on any atom is -0.377 e. The molecule has 18 heavy (non-hydrogen) atoms. The molecule has 1 saturated carbocycles. The Balaban J connectivity index is 1.86. The van der Waals surface area contributed by atoms with Crippen LogP contribution in [0.1, 0.15) is 47.0 Å². The van der Waals surface area contributed by atoms with Gasteiger partial charge >= 0.3 is 0 Å². The second-order valence-corrected chi connectivity index (χ2v) is 6.52. The van der Waals surface area contributed by atoms with Gasteiger partial charge < -0.3 is 10.1 Å². The quantitative estimate of drug-likeness (QED) is 0.787. The zero-order valence-corrected chi connectivity index (χ0v) is 12.5. The molecule has 3 nitrogen and oxygen atoms in total. The largest absolute Gasteiger partial charge is 0.377 e. The fraction of sp³-hybridized carbons (Fsp3) is 1.00.